The van der Waals surface area contributed by atoms with Gasteiger partial charge in [0, 0.05) is 31.8 Å². The lowest BCUT2D eigenvalue weighted by Gasteiger charge is -2.28. The number of nitrogens with zero attached hydrogens (tertiary/aromatic N) is 1. The van der Waals surface area contributed by atoms with E-state index in [9.17, 15) is 14.7 Å². The van der Waals surface area contributed by atoms with Crippen LogP contribution >= 0.6 is 0 Å². The Hall–Kier alpha value is -2.32. The molecule has 28 heavy (non-hydrogen) atoms. The molecule has 2 unspecified atom stereocenters. The van der Waals surface area contributed by atoms with E-state index in [1.807, 2.05) is 13.8 Å². The average molecular weight is 393 g/mol. The lowest BCUT2D eigenvalue weighted by atomic mass is 10.1. The fourth-order valence-electron chi connectivity index (χ4n) is 3.00. The molecule has 156 valence electrons. The molecular weight excluding hydrogens is 362 g/mol. The molecule has 0 aliphatic carbocycles. The molecule has 1 fully saturated rings. The summed E-state index contributed by atoms with van der Waals surface area (Å²) in [6.45, 7) is 5.53. The molecule has 1 heterocycles. The van der Waals surface area contributed by atoms with Gasteiger partial charge in [0.1, 0.15) is 12.4 Å². The molecule has 8 heteroatoms. The minimum Gasteiger partial charge on any atom is -0.491 e. The number of hydrogen-bond donors (Lipinski definition) is 3. The number of methoxy groups -OCH3 is 1. The van der Waals surface area contributed by atoms with Gasteiger partial charge < -0.3 is 30.1 Å². The van der Waals surface area contributed by atoms with E-state index in [0.717, 1.165) is 0 Å². The van der Waals surface area contributed by atoms with Crippen molar-refractivity contribution in [2.45, 2.75) is 44.9 Å². The van der Waals surface area contributed by atoms with Gasteiger partial charge in [-0.15, -0.1) is 0 Å². The van der Waals surface area contributed by atoms with Gasteiger partial charge in [-0.05, 0) is 51.0 Å². The van der Waals surface area contributed by atoms with Crippen LogP contribution in [0.25, 0.3) is 0 Å². The van der Waals surface area contributed by atoms with Crippen LogP contribution in [-0.4, -0.2) is 73.5 Å². The monoisotopic (exact) mass is 393 g/mol. The maximum atomic E-state index is 12.6. The van der Waals surface area contributed by atoms with Crippen LogP contribution in [0.4, 0.5) is 4.79 Å². The largest absolute Gasteiger partial charge is 0.491 e. The Bertz CT molecular complexity index is 635. The Morgan fingerprint density at radius 2 is 1.96 bits per heavy atom. The third kappa shape index (κ3) is 6.69. The minimum atomic E-state index is -0.697. The zero-order valence-corrected chi connectivity index (χ0v) is 16.8. The number of rotatable bonds is 7. The summed E-state index contributed by atoms with van der Waals surface area (Å²) >= 11 is 0. The number of aliphatic hydroxyl groups is 1. The van der Waals surface area contributed by atoms with E-state index in [-0.39, 0.29) is 24.5 Å². The van der Waals surface area contributed by atoms with Crippen molar-refractivity contribution < 1.29 is 24.2 Å². The summed E-state index contributed by atoms with van der Waals surface area (Å²) in [5, 5.41) is 16.1. The summed E-state index contributed by atoms with van der Waals surface area (Å²) in [6, 6.07) is 6.10. The third-order valence-corrected chi connectivity index (χ3v) is 4.50. The van der Waals surface area contributed by atoms with Crippen LogP contribution in [0.2, 0.25) is 0 Å². The first-order valence-corrected chi connectivity index (χ1v) is 9.67. The molecule has 8 nitrogen and oxygen atoms in total. The van der Waals surface area contributed by atoms with E-state index >= 15 is 0 Å². The highest BCUT2D eigenvalue weighted by Gasteiger charge is 2.29. The van der Waals surface area contributed by atoms with Crippen molar-refractivity contribution in [3.05, 3.63) is 29.8 Å². The number of hydrogen-bond acceptors (Lipinski definition) is 5. The first-order valence-electron chi connectivity index (χ1n) is 9.67. The maximum absolute atomic E-state index is 12.6. The van der Waals surface area contributed by atoms with E-state index in [0.29, 0.717) is 43.9 Å². The number of nitrogens with one attached hydrogen (secondary N) is 2. The highest BCUT2D eigenvalue weighted by molar-refractivity contribution is 5.94. The molecule has 1 aromatic rings. The molecule has 1 aromatic carbocycles. The molecule has 3 amide bonds. The Kier molecular flexibility index (Phi) is 8.53. The van der Waals surface area contributed by atoms with Crippen LogP contribution in [0.1, 0.15) is 37.0 Å². The molecule has 2 atom stereocenters. The van der Waals surface area contributed by atoms with Crippen molar-refractivity contribution in [1.82, 2.24) is 15.5 Å². The second-order valence-electron chi connectivity index (χ2n) is 7.21. The second-order valence-corrected chi connectivity index (χ2v) is 7.21. The van der Waals surface area contributed by atoms with Crippen LogP contribution in [-0.2, 0) is 4.74 Å². The van der Waals surface area contributed by atoms with Crippen LogP contribution in [0.15, 0.2) is 24.3 Å². The molecule has 0 radical (unpaired) electrons. The van der Waals surface area contributed by atoms with Gasteiger partial charge >= 0.3 is 6.03 Å². The van der Waals surface area contributed by atoms with E-state index in [2.05, 4.69) is 10.6 Å². The smallest absolute Gasteiger partial charge is 0.317 e. The molecule has 0 aromatic heterocycles. The number of amides is 3. The topological polar surface area (TPSA) is 100 Å². The normalized spacial score (nSPS) is 19.8. The number of carbonyl (C=O) groups excluding carboxylic acids is 2. The van der Waals surface area contributed by atoms with Gasteiger partial charge in [0.25, 0.3) is 5.91 Å². The summed E-state index contributed by atoms with van der Waals surface area (Å²) in [7, 11) is 1.60. The standard InChI is InChI=1S/C20H31N3O5/c1-14(2)21-20(26)23-10-4-5-18(24)17(13-23)22-19(25)15-6-8-16(9-7-15)28-12-11-27-3/h6-9,14,17-18,24H,4-5,10-13H2,1-3H3,(H,21,26)(H,22,25). The van der Waals surface area contributed by atoms with Gasteiger partial charge in [-0.2, -0.15) is 0 Å². The van der Waals surface area contributed by atoms with Crippen molar-refractivity contribution in [1.29, 1.82) is 0 Å². The number of ether oxygens (including phenoxy) is 2. The zero-order chi connectivity index (χ0) is 20.5. The summed E-state index contributed by atoms with van der Waals surface area (Å²) in [6.07, 6.45) is 0.521. The molecule has 0 saturated carbocycles. The van der Waals surface area contributed by atoms with Crippen LogP contribution in [0.3, 0.4) is 0 Å². The minimum absolute atomic E-state index is 0.0262. The van der Waals surface area contributed by atoms with Crippen molar-refractivity contribution >= 4 is 11.9 Å². The Labute approximate surface area is 166 Å². The predicted molar refractivity (Wildman–Crippen MR) is 106 cm³/mol. The number of carbonyl (C=O) groups is 2. The highest BCUT2D eigenvalue weighted by atomic mass is 16.5. The Morgan fingerprint density at radius 1 is 1.25 bits per heavy atom. The average Bonchev–Trinajstić information content (AvgIpc) is 2.84. The Morgan fingerprint density at radius 3 is 2.61 bits per heavy atom. The lowest BCUT2D eigenvalue weighted by Crippen LogP contribution is -2.52. The van der Waals surface area contributed by atoms with E-state index in [1.54, 1.807) is 36.3 Å². The molecule has 2 rings (SSSR count). The quantitative estimate of drug-likeness (QED) is 0.608. The first kappa shape index (κ1) is 22.0. The van der Waals surface area contributed by atoms with Crippen LogP contribution < -0.4 is 15.4 Å². The molecule has 0 bridgehead atoms. The van der Waals surface area contributed by atoms with Gasteiger partial charge in [-0.3, -0.25) is 4.79 Å². The van der Waals surface area contributed by atoms with E-state index in [4.69, 9.17) is 9.47 Å². The van der Waals surface area contributed by atoms with Gasteiger partial charge in [0.2, 0.25) is 0 Å². The molecule has 1 aliphatic rings. The molecule has 1 saturated heterocycles. The maximum Gasteiger partial charge on any atom is 0.317 e. The van der Waals surface area contributed by atoms with E-state index < -0.39 is 12.1 Å². The summed E-state index contributed by atoms with van der Waals surface area (Å²) < 4.78 is 10.4. The van der Waals surface area contributed by atoms with Crippen molar-refractivity contribution in [2.75, 3.05) is 33.4 Å². The zero-order valence-electron chi connectivity index (χ0n) is 16.8. The SMILES string of the molecule is COCCOc1ccc(C(=O)NC2CN(C(=O)NC(C)C)CCCC2O)cc1. The summed E-state index contributed by atoms with van der Waals surface area (Å²) in [5.41, 5.74) is 0.466. The first-order chi connectivity index (χ1) is 13.4. The number of likely N-dealkylation sites (tertiary alicyclic amines) is 1. The van der Waals surface area contributed by atoms with Crippen molar-refractivity contribution in [3.8, 4) is 5.75 Å². The van der Waals surface area contributed by atoms with Crippen molar-refractivity contribution in [2.24, 2.45) is 0 Å². The fourth-order valence-corrected chi connectivity index (χ4v) is 3.00. The summed E-state index contributed by atoms with van der Waals surface area (Å²) in [5.74, 6) is 0.359. The summed E-state index contributed by atoms with van der Waals surface area (Å²) in [4.78, 5) is 26.6. The number of urea groups is 1. The van der Waals surface area contributed by atoms with E-state index in [1.165, 1.54) is 0 Å². The molecular formula is C20H31N3O5. The molecule has 1 aliphatic heterocycles. The molecule has 3 N–H and O–H groups in total. The lowest BCUT2D eigenvalue weighted by molar-refractivity contribution is 0.0808. The van der Waals surface area contributed by atoms with Crippen molar-refractivity contribution in [3.63, 3.8) is 0 Å². The van der Waals surface area contributed by atoms with Gasteiger partial charge in [0.05, 0.1) is 18.8 Å². The van der Waals surface area contributed by atoms with Crippen LogP contribution in [0, 0.1) is 0 Å². The Balaban J connectivity index is 1.97. The van der Waals surface area contributed by atoms with Crippen LogP contribution in [0.5, 0.6) is 5.75 Å². The number of benzene rings is 1. The predicted octanol–water partition coefficient (Wildman–Crippen LogP) is 1.38. The number of aliphatic hydroxyl groups excluding tert-OH is 1. The molecule has 0 spiro atoms. The third-order valence-electron chi connectivity index (χ3n) is 4.50. The van der Waals surface area contributed by atoms with Gasteiger partial charge in [0.15, 0.2) is 0 Å². The van der Waals surface area contributed by atoms with Gasteiger partial charge in [-0.25, -0.2) is 4.79 Å². The second kappa shape index (κ2) is 10.9. The fraction of sp³-hybridized carbons (Fsp3) is 0.600. The van der Waals surface area contributed by atoms with Gasteiger partial charge in [-0.1, -0.05) is 0 Å². The highest BCUT2D eigenvalue weighted by Crippen LogP contribution is 2.15.